The van der Waals surface area contributed by atoms with E-state index in [1.54, 1.807) is 6.92 Å². The van der Waals surface area contributed by atoms with Crippen molar-refractivity contribution in [3.05, 3.63) is 20.8 Å². The number of hydrogen-bond acceptors (Lipinski definition) is 5. The van der Waals surface area contributed by atoms with E-state index in [0.29, 0.717) is 13.0 Å². The largest absolute Gasteiger partial charge is 0.388 e. The summed E-state index contributed by atoms with van der Waals surface area (Å²) in [5.41, 5.74) is 3.99. The van der Waals surface area contributed by atoms with Crippen molar-refractivity contribution in [2.45, 2.75) is 46.3 Å². The summed E-state index contributed by atoms with van der Waals surface area (Å²) in [5, 5.41) is 12.8. The molecule has 1 heterocycles. The van der Waals surface area contributed by atoms with Crippen molar-refractivity contribution in [1.29, 1.82) is 0 Å². The Balaban J connectivity index is 3.14. The maximum absolute atomic E-state index is 11.8. The zero-order chi connectivity index (χ0) is 15.5. The van der Waals surface area contributed by atoms with Crippen molar-refractivity contribution >= 4 is 11.5 Å². The topological polar surface area (TPSA) is 113 Å². The molecule has 0 spiro atoms. The van der Waals surface area contributed by atoms with E-state index >= 15 is 0 Å². The zero-order valence-electron chi connectivity index (χ0n) is 12.5. The first-order chi connectivity index (χ1) is 9.18. The number of rotatable bonds is 6. The van der Waals surface area contributed by atoms with Crippen LogP contribution in [0.5, 0.6) is 0 Å². The lowest BCUT2D eigenvalue weighted by Gasteiger charge is -2.23. The molecule has 1 unspecified atom stereocenters. The number of hydrogen-bond donors (Lipinski definition) is 4. The van der Waals surface area contributed by atoms with Gasteiger partial charge in [-0.2, -0.15) is 0 Å². The van der Waals surface area contributed by atoms with E-state index < -0.39 is 16.9 Å². The van der Waals surface area contributed by atoms with Crippen LogP contribution in [0.3, 0.4) is 0 Å². The molecule has 7 nitrogen and oxygen atoms in total. The van der Waals surface area contributed by atoms with Gasteiger partial charge in [-0.15, -0.1) is 0 Å². The zero-order valence-corrected chi connectivity index (χ0v) is 12.5. The van der Waals surface area contributed by atoms with Crippen molar-refractivity contribution < 1.29 is 5.11 Å². The molecule has 20 heavy (non-hydrogen) atoms. The Morgan fingerprint density at radius 1 is 1.45 bits per heavy atom. The molecule has 0 radical (unpaired) electrons. The average Bonchev–Trinajstić information content (AvgIpc) is 2.33. The van der Waals surface area contributed by atoms with Crippen LogP contribution in [0.15, 0.2) is 9.59 Å². The van der Waals surface area contributed by atoms with Gasteiger partial charge in [-0.1, -0.05) is 20.8 Å². The number of nitrogens with zero attached hydrogens (tertiary/aromatic N) is 1. The molecule has 1 rings (SSSR count). The first-order valence-corrected chi connectivity index (χ1v) is 6.76. The van der Waals surface area contributed by atoms with Crippen molar-refractivity contribution in [3.63, 3.8) is 0 Å². The number of anilines is 2. The number of aromatic nitrogens is 2. The van der Waals surface area contributed by atoms with Crippen LogP contribution in [0, 0.1) is 5.92 Å². The second kappa shape index (κ2) is 6.13. The Morgan fingerprint density at radius 2 is 2.05 bits per heavy atom. The molecule has 0 aliphatic heterocycles. The first-order valence-electron chi connectivity index (χ1n) is 6.76. The Kier molecular flexibility index (Phi) is 4.99. The Morgan fingerprint density at radius 3 is 2.55 bits per heavy atom. The van der Waals surface area contributed by atoms with Crippen LogP contribution in [-0.4, -0.2) is 26.8 Å². The van der Waals surface area contributed by atoms with Crippen LogP contribution in [0.4, 0.5) is 11.5 Å². The fourth-order valence-electron chi connectivity index (χ4n) is 1.71. The van der Waals surface area contributed by atoms with E-state index in [9.17, 15) is 14.7 Å². The lowest BCUT2D eigenvalue weighted by molar-refractivity contribution is 0.0697. The molecule has 0 aromatic carbocycles. The highest BCUT2D eigenvalue weighted by Crippen LogP contribution is 2.15. The van der Waals surface area contributed by atoms with Crippen LogP contribution in [0.1, 0.15) is 34.1 Å². The van der Waals surface area contributed by atoms with Crippen molar-refractivity contribution in [1.82, 2.24) is 9.55 Å². The molecule has 114 valence electrons. The van der Waals surface area contributed by atoms with Gasteiger partial charge in [0.05, 0.1) is 5.60 Å². The van der Waals surface area contributed by atoms with Crippen molar-refractivity contribution in [3.8, 4) is 0 Å². The van der Waals surface area contributed by atoms with Gasteiger partial charge >= 0.3 is 5.69 Å². The van der Waals surface area contributed by atoms with Gasteiger partial charge < -0.3 is 16.2 Å². The summed E-state index contributed by atoms with van der Waals surface area (Å²) in [7, 11) is 0. The van der Waals surface area contributed by atoms with E-state index in [1.807, 2.05) is 20.8 Å². The molecule has 1 aromatic rings. The van der Waals surface area contributed by atoms with Crippen LogP contribution < -0.4 is 22.3 Å². The first kappa shape index (κ1) is 16.3. The van der Waals surface area contributed by atoms with Gasteiger partial charge in [-0.05, 0) is 19.3 Å². The molecular formula is C13H24N4O3. The average molecular weight is 284 g/mol. The van der Waals surface area contributed by atoms with E-state index in [2.05, 4.69) is 10.3 Å². The standard InChI is InChI=1S/C13H24N4O3/c1-5-13(4,20)7-15-9-10(14)17(6-8(2)3)12(19)16-11(9)18/h8,15,20H,5-7,14H2,1-4H3,(H,16,18,19). The highest BCUT2D eigenvalue weighted by Gasteiger charge is 2.20. The Hall–Kier alpha value is -1.76. The molecular weight excluding hydrogens is 260 g/mol. The van der Waals surface area contributed by atoms with E-state index in [0.717, 1.165) is 0 Å². The summed E-state index contributed by atoms with van der Waals surface area (Å²) in [6.45, 7) is 8.00. The third-order valence-electron chi connectivity index (χ3n) is 3.20. The smallest absolute Gasteiger partial charge is 0.330 e. The number of nitrogens with two attached hydrogens (primary N) is 1. The molecule has 0 aliphatic carbocycles. The number of nitrogens with one attached hydrogen (secondary N) is 2. The fraction of sp³-hybridized carbons (Fsp3) is 0.692. The Labute approximate surface area is 117 Å². The fourth-order valence-corrected chi connectivity index (χ4v) is 1.71. The molecule has 0 saturated heterocycles. The molecule has 0 saturated carbocycles. The van der Waals surface area contributed by atoms with Crippen LogP contribution in [0.2, 0.25) is 0 Å². The normalized spacial score (nSPS) is 14.3. The minimum Gasteiger partial charge on any atom is -0.388 e. The molecule has 7 heteroatoms. The van der Waals surface area contributed by atoms with Gasteiger partial charge in [0, 0.05) is 13.1 Å². The summed E-state index contributed by atoms with van der Waals surface area (Å²) in [6.07, 6.45) is 0.531. The highest BCUT2D eigenvalue weighted by molar-refractivity contribution is 5.60. The van der Waals surface area contributed by atoms with Gasteiger partial charge in [0.25, 0.3) is 5.56 Å². The molecule has 1 aromatic heterocycles. The van der Waals surface area contributed by atoms with E-state index in [4.69, 9.17) is 5.73 Å². The van der Waals surface area contributed by atoms with E-state index in [-0.39, 0.29) is 24.0 Å². The number of nitrogen functional groups attached to an aromatic ring is 1. The third-order valence-corrected chi connectivity index (χ3v) is 3.20. The SMILES string of the molecule is CCC(C)(O)CNc1c(N)n(CC(C)C)c(=O)[nH]c1=O. The highest BCUT2D eigenvalue weighted by atomic mass is 16.3. The summed E-state index contributed by atoms with van der Waals surface area (Å²) in [5.74, 6) is 0.312. The predicted molar refractivity (Wildman–Crippen MR) is 80.0 cm³/mol. The maximum Gasteiger partial charge on any atom is 0.330 e. The van der Waals surface area contributed by atoms with Gasteiger partial charge in [0.1, 0.15) is 11.5 Å². The van der Waals surface area contributed by atoms with Crippen LogP contribution in [-0.2, 0) is 6.54 Å². The quantitative estimate of drug-likeness (QED) is 0.602. The summed E-state index contributed by atoms with van der Waals surface area (Å²) < 4.78 is 1.33. The molecule has 0 amide bonds. The third kappa shape index (κ3) is 3.86. The molecule has 1 atom stereocenters. The number of H-pyrrole nitrogens is 1. The summed E-state index contributed by atoms with van der Waals surface area (Å²) >= 11 is 0. The number of aromatic amines is 1. The van der Waals surface area contributed by atoms with Gasteiger partial charge in [-0.25, -0.2) is 4.79 Å². The monoisotopic (exact) mass is 284 g/mol. The molecule has 5 N–H and O–H groups in total. The molecule has 0 bridgehead atoms. The number of aliphatic hydroxyl groups is 1. The predicted octanol–water partition coefficient (Wildman–Crippen LogP) is 0.348. The van der Waals surface area contributed by atoms with Gasteiger partial charge in [0.2, 0.25) is 0 Å². The molecule has 0 aliphatic rings. The second-order valence-corrected chi connectivity index (χ2v) is 5.73. The molecule has 0 fully saturated rings. The van der Waals surface area contributed by atoms with Crippen molar-refractivity contribution in [2.75, 3.05) is 17.6 Å². The minimum absolute atomic E-state index is 0.0966. The summed E-state index contributed by atoms with van der Waals surface area (Å²) in [6, 6.07) is 0. The van der Waals surface area contributed by atoms with Gasteiger partial charge in [-0.3, -0.25) is 14.3 Å². The van der Waals surface area contributed by atoms with Gasteiger partial charge in [0.15, 0.2) is 0 Å². The summed E-state index contributed by atoms with van der Waals surface area (Å²) in [4.78, 5) is 25.8. The van der Waals surface area contributed by atoms with Crippen LogP contribution in [0.25, 0.3) is 0 Å². The lowest BCUT2D eigenvalue weighted by Crippen LogP contribution is -2.38. The minimum atomic E-state index is -0.947. The second-order valence-electron chi connectivity index (χ2n) is 5.73. The van der Waals surface area contributed by atoms with Crippen LogP contribution >= 0.6 is 0 Å². The Bertz CT molecular complexity index is 572. The van der Waals surface area contributed by atoms with Crippen molar-refractivity contribution in [2.24, 2.45) is 5.92 Å². The maximum atomic E-state index is 11.8. The lowest BCUT2D eigenvalue weighted by atomic mass is 10.0. The van der Waals surface area contributed by atoms with E-state index in [1.165, 1.54) is 4.57 Å².